The summed E-state index contributed by atoms with van der Waals surface area (Å²) in [4.78, 5) is 39.0. The molecule has 5 aromatic rings. The van der Waals surface area contributed by atoms with Gasteiger partial charge in [0, 0.05) is 54.5 Å². The normalized spacial score (nSPS) is 13.3. The summed E-state index contributed by atoms with van der Waals surface area (Å²) in [6.07, 6.45) is 9.33. The zero-order chi connectivity index (χ0) is 27.6. The fraction of sp³-hybridized carbons (Fsp3) is 0.167. The van der Waals surface area contributed by atoms with Crippen LogP contribution in [0.2, 0.25) is 0 Å². The molecule has 10 nitrogen and oxygen atoms in total. The van der Waals surface area contributed by atoms with E-state index in [1.165, 1.54) is 4.57 Å². The van der Waals surface area contributed by atoms with Crippen LogP contribution in [-0.4, -0.2) is 54.6 Å². The van der Waals surface area contributed by atoms with Crippen LogP contribution in [0.4, 0.5) is 10.6 Å². The SMILES string of the molecule is N#CCC(=O)N1CC=C(c2cc3c(-c4ccnc(NC(=O)n5cc6ccccc6c5)c4CO)ccnc3[nH]2)CC1. The van der Waals surface area contributed by atoms with Crippen LogP contribution in [0.1, 0.15) is 24.1 Å². The Kier molecular flexibility index (Phi) is 6.56. The summed E-state index contributed by atoms with van der Waals surface area (Å²) in [7, 11) is 0. The maximum Gasteiger partial charge on any atom is 0.331 e. The molecule has 40 heavy (non-hydrogen) atoms. The number of carbonyl (C=O) groups excluding carboxylic acids is 2. The molecule has 1 aliphatic rings. The number of aliphatic hydroxyl groups is 1. The molecule has 3 N–H and O–H groups in total. The van der Waals surface area contributed by atoms with Crippen LogP contribution in [0.3, 0.4) is 0 Å². The van der Waals surface area contributed by atoms with Crippen molar-refractivity contribution in [1.82, 2.24) is 24.4 Å². The average Bonchev–Trinajstić information content (AvgIpc) is 3.62. The number of anilines is 1. The number of nitrogens with zero attached hydrogens (tertiary/aromatic N) is 5. The lowest BCUT2D eigenvalue weighted by atomic mass is 9.98. The number of H-pyrrole nitrogens is 1. The number of fused-ring (bicyclic) bond motifs is 2. The molecular weight excluding hydrogens is 506 g/mol. The van der Waals surface area contributed by atoms with E-state index in [0.717, 1.165) is 38.6 Å². The number of hydrogen-bond donors (Lipinski definition) is 3. The standard InChI is InChI=1S/C30H25N7O3/c31-10-5-27(39)36-13-8-19(9-14-36)26-15-24-22(6-11-32-28(24)34-26)23-7-12-33-29(25(23)18-38)35-30(40)37-16-20-3-1-2-4-21(20)17-37/h1-4,6-8,11-12,15-17,38H,5,9,13-14,18H2,(H,32,34)(H,33,35,40). The molecule has 0 spiro atoms. The number of nitriles is 1. The van der Waals surface area contributed by atoms with Gasteiger partial charge in [-0.2, -0.15) is 5.26 Å². The first-order chi connectivity index (χ1) is 19.6. The Hall–Kier alpha value is -5.27. The highest BCUT2D eigenvalue weighted by atomic mass is 16.3. The van der Waals surface area contributed by atoms with Gasteiger partial charge < -0.3 is 15.0 Å². The van der Waals surface area contributed by atoms with E-state index in [-0.39, 0.29) is 30.8 Å². The van der Waals surface area contributed by atoms with Gasteiger partial charge in [0.15, 0.2) is 0 Å². The third kappa shape index (κ3) is 4.59. The number of rotatable bonds is 5. The Morgan fingerprint density at radius 3 is 2.52 bits per heavy atom. The summed E-state index contributed by atoms with van der Waals surface area (Å²) in [6.45, 7) is 0.663. The van der Waals surface area contributed by atoms with Crippen LogP contribution in [0, 0.1) is 11.3 Å². The van der Waals surface area contributed by atoms with Gasteiger partial charge in [0.1, 0.15) is 17.9 Å². The van der Waals surface area contributed by atoms with Gasteiger partial charge in [-0.25, -0.2) is 14.8 Å². The van der Waals surface area contributed by atoms with Crippen molar-refractivity contribution in [3.63, 3.8) is 0 Å². The van der Waals surface area contributed by atoms with E-state index in [2.05, 4.69) is 20.3 Å². The van der Waals surface area contributed by atoms with E-state index in [1.807, 2.05) is 54.6 Å². The molecule has 4 aromatic heterocycles. The van der Waals surface area contributed by atoms with Crippen molar-refractivity contribution >= 4 is 45.1 Å². The molecular formula is C30H25N7O3. The predicted octanol–water partition coefficient (Wildman–Crippen LogP) is 4.68. The van der Waals surface area contributed by atoms with E-state index in [1.54, 1.807) is 29.7 Å². The molecule has 0 bridgehead atoms. The molecule has 0 radical (unpaired) electrons. The van der Waals surface area contributed by atoms with Crippen LogP contribution in [0.5, 0.6) is 0 Å². The van der Waals surface area contributed by atoms with E-state index < -0.39 is 0 Å². The van der Waals surface area contributed by atoms with Crippen molar-refractivity contribution in [3.05, 3.63) is 84.6 Å². The zero-order valence-electron chi connectivity index (χ0n) is 21.5. The first-order valence-electron chi connectivity index (χ1n) is 12.8. The summed E-state index contributed by atoms with van der Waals surface area (Å²) in [5, 5.41) is 24.8. The van der Waals surface area contributed by atoms with E-state index in [9.17, 15) is 14.7 Å². The Morgan fingerprint density at radius 2 is 1.82 bits per heavy atom. The fourth-order valence-electron chi connectivity index (χ4n) is 5.13. The molecule has 0 aliphatic carbocycles. The topological polar surface area (TPSA) is 140 Å². The fourth-order valence-corrected chi connectivity index (χ4v) is 5.13. The van der Waals surface area contributed by atoms with Crippen LogP contribution >= 0.6 is 0 Å². The monoisotopic (exact) mass is 531 g/mol. The molecule has 0 atom stereocenters. The lowest BCUT2D eigenvalue weighted by molar-refractivity contribution is -0.129. The molecule has 1 aliphatic heterocycles. The number of hydrogen-bond acceptors (Lipinski definition) is 6. The van der Waals surface area contributed by atoms with Gasteiger partial charge in [-0.1, -0.05) is 30.3 Å². The minimum Gasteiger partial charge on any atom is -0.392 e. The molecule has 5 heterocycles. The van der Waals surface area contributed by atoms with Gasteiger partial charge in [-0.15, -0.1) is 0 Å². The zero-order valence-corrected chi connectivity index (χ0v) is 21.5. The first-order valence-corrected chi connectivity index (χ1v) is 12.8. The highest BCUT2D eigenvalue weighted by Crippen LogP contribution is 2.35. The molecule has 1 aromatic carbocycles. The van der Waals surface area contributed by atoms with Crippen LogP contribution in [0.25, 0.3) is 38.5 Å². The van der Waals surface area contributed by atoms with Gasteiger partial charge in [0.25, 0.3) is 0 Å². The lowest BCUT2D eigenvalue weighted by Crippen LogP contribution is -2.34. The third-order valence-electron chi connectivity index (χ3n) is 7.19. The minimum absolute atomic E-state index is 0.118. The minimum atomic E-state index is -0.383. The summed E-state index contributed by atoms with van der Waals surface area (Å²) in [5.41, 5.74) is 4.70. The van der Waals surface area contributed by atoms with Crippen molar-refractivity contribution < 1.29 is 14.7 Å². The van der Waals surface area contributed by atoms with E-state index >= 15 is 0 Å². The number of nitrogens with one attached hydrogen (secondary N) is 2. The van der Waals surface area contributed by atoms with E-state index in [0.29, 0.717) is 30.7 Å². The Bertz CT molecular complexity index is 1810. The summed E-state index contributed by atoms with van der Waals surface area (Å²) < 4.78 is 1.47. The van der Waals surface area contributed by atoms with Gasteiger partial charge in [-0.3, -0.25) is 14.7 Å². The molecule has 6 rings (SSSR count). The Morgan fingerprint density at radius 1 is 1.07 bits per heavy atom. The number of amides is 2. The Balaban J connectivity index is 1.31. The molecule has 0 saturated heterocycles. The molecule has 198 valence electrons. The average molecular weight is 532 g/mol. The third-order valence-corrected chi connectivity index (χ3v) is 7.19. The summed E-state index contributed by atoms with van der Waals surface area (Å²) >= 11 is 0. The molecule has 2 amide bonds. The van der Waals surface area contributed by atoms with Crippen molar-refractivity contribution in [2.45, 2.75) is 19.4 Å². The molecule has 0 unspecified atom stereocenters. The number of carbonyl (C=O) groups is 2. The largest absolute Gasteiger partial charge is 0.392 e. The van der Waals surface area contributed by atoms with Gasteiger partial charge in [-0.05, 0) is 52.1 Å². The van der Waals surface area contributed by atoms with Crippen LogP contribution in [-0.2, 0) is 11.4 Å². The van der Waals surface area contributed by atoms with Crippen LogP contribution in [0.15, 0.2) is 73.3 Å². The highest BCUT2D eigenvalue weighted by Gasteiger charge is 2.21. The number of pyridine rings is 2. The maximum absolute atomic E-state index is 13.1. The van der Waals surface area contributed by atoms with Gasteiger partial charge >= 0.3 is 6.03 Å². The summed E-state index contributed by atoms with van der Waals surface area (Å²) in [6, 6.07) is 14.9. The Labute approximate surface area is 229 Å². The number of benzene rings is 1. The van der Waals surface area contributed by atoms with Crippen molar-refractivity contribution in [3.8, 4) is 17.2 Å². The highest BCUT2D eigenvalue weighted by molar-refractivity contribution is 5.99. The van der Waals surface area contributed by atoms with Gasteiger partial charge in [0.05, 0.1) is 12.7 Å². The molecule has 0 fully saturated rings. The second-order valence-electron chi connectivity index (χ2n) is 9.53. The van der Waals surface area contributed by atoms with Crippen molar-refractivity contribution in [1.29, 1.82) is 5.26 Å². The molecule has 10 heteroatoms. The molecule has 0 saturated carbocycles. The predicted molar refractivity (Wildman–Crippen MR) is 151 cm³/mol. The lowest BCUT2D eigenvalue weighted by Gasteiger charge is -2.25. The second kappa shape index (κ2) is 10.5. The van der Waals surface area contributed by atoms with Crippen molar-refractivity contribution in [2.75, 3.05) is 18.4 Å². The number of aliphatic hydroxyl groups excluding tert-OH is 1. The number of aromatic amines is 1. The van der Waals surface area contributed by atoms with Crippen LogP contribution < -0.4 is 5.32 Å². The summed E-state index contributed by atoms with van der Waals surface area (Å²) in [5.74, 6) is 0.112. The van der Waals surface area contributed by atoms with Gasteiger partial charge in [0.2, 0.25) is 5.91 Å². The first kappa shape index (κ1) is 25.0. The van der Waals surface area contributed by atoms with Crippen molar-refractivity contribution in [2.24, 2.45) is 0 Å². The maximum atomic E-state index is 13.1. The number of aromatic nitrogens is 4. The van der Waals surface area contributed by atoms with E-state index in [4.69, 9.17) is 5.26 Å². The second-order valence-corrected chi connectivity index (χ2v) is 9.53. The quantitative estimate of drug-likeness (QED) is 0.301. The smallest absolute Gasteiger partial charge is 0.331 e.